The molecule has 2 aromatic rings. The molecule has 26 heavy (non-hydrogen) atoms. The van der Waals surface area contributed by atoms with E-state index in [-0.39, 0.29) is 63.7 Å². The molecule has 0 aliphatic heterocycles. The maximum atomic E-state index is 2.99. The molecule has 0 bridgehead atoms. The Labute approximate surface area is 190 Å². The summed E-state index contributed by atoms with van der Waals surface area (Å²) < 4.78 is 0. The predicted octanol–water partition coefficient (Wildman–Crippen LogP) is -3.29. The number of rotatable bonds is 4. The molecule has 3 rings (SSSR count). The van der Waals surface area contributed by atoms with Gasteiger partial charge in [0.25, 0.3) is 0 Å². The van der Waals surface area contributed by atoms with E-state index in [0.717, 1.165) is 6.42 Å². The molecule has 1 radical (unpaired) electrons. The second kappa shape index (κ2) is 18.1. The van der Waals surface area contributed by atoms with Gasteiger partial charge in [-0.2, -0.15) is 6.08 Å². The summed E-state index contributed by atoms with van der Waals surface area (Å²) in [4.78, 5) is 0. The van der Waals surface area contributed by atoms with Crippen LogP contribution < -0.4 is 37.2 Å². The summed E-state index contributed by atoms with van der Waals surface area (Å²) in [5.41, 5.74) is 2.71. The third kappa shape index (κ3) is 11.4. The van der Waals surface area contributed by atoms with E-state index in [2.05, 4.69) is 86.1 Å². The summed E-state index contributed by atoms with van der Waals surface area (Å²) in [5.74, 6) is 1.47. The van der Waals surface area contributed by atoms with E-state index in [0.29, 0.717) is 0 Å². The van der Waals surface area contributed by atoms with E-state index in [1.165, 1.54) is 23.2 Å². The Balaban J connectivity index is -0.000000515. The van der Waals surface area contributed by atoms with Gasteiger partial charge in [0.2, 0.25) is 0 Å². The summed E-state index contributed by atoms with van der Waals surface area (Å²) >= 11 is 0. The van der Waals surface area contributed by atoms with Crippen molar-refractivity contribution in [3.8, 4) is 0 Å². The summed E-state index contributed by atoms with van der Waals surface area (Å²) in [6.07, 6.45) is 11.2. The van der Waals surface area contributed by atoms with Crippen molar-refractivity contribution in [2.24, 2.45) is 0 Å². The van der Waals surface area contributed by atoms with Crippen molar-refractivity contribution < 1.29 is 55.8 Å². The molecule has 0 spiro atoms. The number of hydrogen-bond acceptors (Lipinski definition) is 0. The first-order valence-corrected chi connectivity index (χ1v) is 10.0. The zero-order valence-electron chi connectivity index (χ0n) is 14.9. The van der Waals surface area contributed by atoms with Gasteiger partial charge in [0.1, 0.15) is 0 Å². The summed E-state index contributed by atoms with van der Waals surface area (Å²) in [6.45, 7) is 4.67. The molecule has 0 aromatic heterocycles. The Kier molecular flexibility index (Phi) is 21.1. The fraction of sp³-hybridized carbons (Fsp3) is 0.190. The van der Waals surface area contributed by atoms with Crippen molar-refractivity contribution in [2.75, 3.05) is 19.5 Å². The van der Waals surface area contributed by atoms with Gasteiger partial charge in [-0.15, -0.1) is 55.7 Å². The van der Waals surface area contributed by atoms with Crippen molar-refractivity contribution in [1.82, 2.24) is 0 Å². The Hall–Kier alpha value is -0.326. The first kappa shape index (κ1) is 30.4. The molecule has 0 fully saturated rings. The van der Waals surface area contributed by atoms with Crippen molar-refractivity contribution in [1.29, 1.82) is 0 Å². The molecular weight excluding hydrogens is 441 g/mol. The van der Waals surface area contributed by atoms with E-state index < -0.39 is 0 Å². The largest absolute Gasteiger partial charge is 1.00 e. The van der Waals surface area contributed by atoms with E-state index in [9.17, 15) is 0 Å². The predicted molar refractivity (Wildman–Crippen MR) is 99.5 cm³/mol. The maximum Gasteiger partial charge on any atom is 0 e. The molecular formula is C21H23Cl3PV-5. The molecule has 0 nitrogen and oxygen atoms in total. The second-order valence-corrected chi connectivity index (χ2v) is 7.93. The Morgan fingerprint density at radius 2 is 1.31 bits per heavy atom. The van der Waals surface area contributed by atoms with Crippen LogP contribution in [0.1, 0.15) is 17.5 Å². The summed E-state index contributed by atoms with van der Waals surface area (Å²) in [5, 5.41) is 0. The van der Waals surface area contributed by atoms with Gasteiger partial charge in [0, 0.05) is 18.6 Å². The standard InChI is InChI=1S/C16H18P.C5H5.3ClH.V/c1-17(2)13-16(14-9-5-3-6-10-14)15-11-7-4-8-12-15;1-2-4-5-3-1;;;;/h3-12H,13H2,1-2H3;1-3H,4H2;3*1H;/q2*-1;;;;/p-3. The number of allylic oxidation sites excluding steroid dienone is 4. The third-order valence-corrected chi connectivity index (χ3v) is 4.25. The first-order chi connectivity index (χ1) is 10.8. The van der Waals surface area contributed by atoms with E-state index in [1.54, 1.807) is 0 Å². The van der Waals surface area contributed by atoms with Crippen LogP contribution in [0.3, 0.4) is 0 Å². The van der Waals surface area contributed by atoms with E-state index in [4.69, 9.17) is 0 Å². The molecule has 0 heterocycles. The zero-order chi connectivity index (χ0) is 15.6. The average molecular weight is 464 g/mol. The van der Waals surface area contributed by atoms with Crippen LogP contribution in [0.5, 0.6) is 0 Å². The average Bonchev–Trinajstić information content (AvgIpc) is 3.14. The van der Waals surface area contributed by atoms with Gasteiger partial charge >= 0.3 is 0 Å². The van der Waals surface area contributed by atoms with Gasteiger partial charge in [-0.05, 0) is 19.5 Å². The molecule has 0 amide bonds. The SMILES string of the molecule is CP(C)C[C-](c1ccccc1)c1ccccc1.[C-]1=CC=CC1.[Cl-].[Cl-].[Cl-].[V]. The molecule has 0 saturated heterocycles. The molecule has 1 aliphatic carbocycles. The third-order valence-electron chi connectivity index (χ3n) is 3.30. The zero-order valence-corrected chi connectivity index (χ0v) is 19.5. The van der Waals surface area contributed by atoms with Crippen molar-refractivity contribution >= 4 is 7.92 Å². The van der Waals surface area contributed by atoms with Gasteiger partial charge in [0.05, 0.1) is 0 Å². The maximum absolute atomic E-state index is 2.99. The first-order valence-electron chi connectivity index (χ1n) is 7.60. The molecule has 0 N–H and O–H groups in total. The van der Waals surface area contributed by atoms with Crippen LogP contribution in [-0.4, -0.2) is 19.5 Å². The quantitative estimate of drug-likeness (QED) is 0.330. The molecule has 0 atom stereocenters. The van der Waals surface area contributed by atoms with Crippen LogP contribution in [0.2, 0.25) is 0 Å². The van der Waals surface area contributed by atoms with Gasteiger partial charge in [-0.1, -0.05) is 36.4 Å². The molecule has 143 valence electrons. The van der Waals surface area contributed by atoms with Crippen molar-refractivity contribution in [3.63, 3.8) is 0 Å². The minimum absolute atomic E-state index is 0. The molecule has 0 saturated carbocycles. The summed E-state index contributed by atoms with van der Waals surface area (Å²) in [6, 6.07) is 21.5. The Morgan fingerprint density at radius 1 is 0.846 bits per heavy atom. The molecule has 0 unspecified atom stereocenters. The number of hydrogen-bond donors (Lipinski definition) is 0. The van der Waals surface area contributed by atoms with Gasteiger partial charge in [-0.3, -0.25) is 6.08 Å². The van der Waals surface area contributed by atoms with Crippen LogP contribution in [0, 0.1) is 12.0 Å². The second-order valence-electron chi connectivity index (χ2n) is 5.45. The topological polar surface area (TPSA) is 0 Å². The number of halogens is 3. The van der Waals surface area contributed by atoms with Gasteiger partial charge in [-0.25, -0.2) is 12.2 Å². The monoisotopic (exact) mass is 462 g/mol. The van der Waals surface area contributed by atoms with Crippen LogP contribution in [0.25, 0.3) is 0 Å². The van der Waals surface area contributed by atoms with Crippen molar-refractivity contribution in [3.05, 3.63) is 102 Å². The minimum Gasteiger partial charge on any atom is -1.00 e. The molecule has 2 aromatic carbocycles. The van der Waals surface area contributed by atoms with Crippen LogP contribution in [-0.2, 0) is 18.6 Å². The number of benzene rings is 2. The minimum atomic E-state index is 0. The fourth-order valence-corrected chi connectivity index (χ4v) is 3.28. The normalized spacial score (nSPS) is 10.3. The van der Waals surface area contributed by atoms with Gasteiger partial charge in [0.15, 0.2) is 0 Å². The summed E-state index contributed by atoms with van der Waals surface area (Å²) in [7, 11) is 0.0759. The Morgan fingerprint density at radius 3 is 1.58 bits per heavy atom. The van der Waals surface area contributed by atoms with Crippen LogP contribution in [0.15, 0.2) is 78.9 Å². The van der Waals surface area contributed by atoms with Crippen LogP contribution in [0.4, 0.5) is 0 Å². The molecule has 1 aliphatic rings. The fourth-order valence-electron chi connectivity index (χ4n) is 2.28. The smallest absolute Gasteiger partial charge is 0 e. The van der Waals surface area contributed by atoms with Gasteiger partial charge < -0.3 is 37.2 Å². The Bertz CT molecular complexity index is 552. The van der Waals surface area contributed by atoms with Crippen molar-refractivity contribution in [2.45, 2.75) is 6.42 Å². The molecule has 5 heteroatoms. The van der Waals surface area contributed by atoms with E-state index >= 15 is 0 Å². The van der Waals surface area contributed by atoms with E-state index in [1.807, 2.05) is 12.2 Å². The van der Waals surface area contributed by atoms with Crippen LogP contribution >= 0.6 is 7.92 Å².